The highest BCUT2D eigenvalue weighted by atomic mass is 16.5. The molecule has 18 heavy (non-hydrogen) atoms. The molecule has 0 bridgehead atoms. The highest BCUT2D eigenvalue weighted by Crippen LogP contribution is 2.10. The Morgan fingerprint density at radius 2 is 1.72 bits per heavy atom. The summed E-state index contributed by atoms with van der Waals surface area (Å²) < 4.78 is 5.57. The maximum Gasteiger partial charge on any atom is 0.0824 e. The van der Waals surface area contributed by atoms with Crippen LogP contribution in [-0.2, 0) is 4.74 Å². The Bertz CT molecular complexity index is 187. The number of unbranched alkanes of at least 4 members (excludes halogenated alkanes) is 7. The Morgan fingerprint density at radius 1 is 1.06 bits per heavy atom. The average molecular weight is 256 g/mol. The Labute approximate surface area is 113 Å². The van der Waals surface area contributed by atoms with Gasteiger partial charge in [-0.15, -0.1) is 0 Å². The first-order chi connectivity index (χ1) is 8.86. The van der Waals surface area contributed by atoms with Gasteiger partial charge in [-0.2, -0.15) is 0 Å². The van der Waals surface area contributed by atoms with Crippen LogP contribution < -0.4 is 5.73 Å². The van der Waals surface area contributed by atoms with Crippen molar-refractivity contribution in [3.05, 3.63) is 0 Å². The quantitative estimate of drug-likeness (QED) is 0.611. The van der Waals surface area contributed by atoms with Crippen LogP contribution in [0.4, 0.5) is 0 Å². The molecule has 1 unspecified atom stereocenters. The summed E-state index contributed by atoms with van der Waals surface area (Å²) in [5.74, 6) is 0. The lowest BCUT2D eigenvalue weighted by Crippen LogP contribution is -2.45. The second kappa shape index (κ2) is 10.8. The highest BCUT2D eigenvalue weighted by Gasteiger charge is 2.18. The summed E-state index contributed by atoms with van der Waals surface area (Å²) in [6, 6.07) is 0. The van der Waals surface area contributed by atoms with Crippen LogP contribution in [0.25, 0.3) is 0 Å². The normalized spacial score (nSPS) is 21.3. The molecule has 0 aliphatic carbocycles. The van der Waals surface area contributed by atoms with Gasteiger partial charge >= 0.3 is 0 Å². The molecular weight excluding hydrogens is 224 g/mol. The maximum atomic E-state index is 5.65. The van der Waals surface area contributed by atoms with Gasteiger partial charge in [-0.25, -0.2) is 0 Å². The molecule has 0 saturated carbocycles. The van der Waals surface area contributed by atoms with Gasteiger partial charge in [0.25, 0.3) is 0 Å². The number of nitrogens with zero attached hydrogens (tertiary/aromatic N) is 1. The van der Waals surface area contributed by atoms with Gasteiger partial charge in [0.1, 0.15) is 0 Å². The van der Waals surface area contributed by atoms with Crippen LogP contribution in [0.5, 0.6) is 0 Å². The second-order valence-corrected chi connectivity index (χ2v) is 5.50. The van der Waals surface area contributed by atoms with Gasteiger partial charge in [-0.1, -0.05) is 51.9 Å². The molecule has 3 nitrogen and oxygen atoms in total. The Balaban J connectivity index is 1.88. The topological polar surface area (TPSA) is 38.5 Å². The first-order valence-corrected chi connectivity index (χ1v) is 7.90. The monoisotopic (exact) mass is 256 g/mol. The molecule has 1 aliphatic rings. The first kappa shape index (κ1) is 15.9. The van der Waals surface area contributed by atoms with Crippen molar-refractivity contribution in [2.75, 3.05) is 32.8 Å². The predicted octanol–water partition coefficient (Wildman–Crippen LogP) is 2.79. The highest BCUT2D eigenvalue weighted by molar-refractivity contribution is 4.71. The van der Waals surface area contributed by atoms with E-state index < -0.39 is 0 Å². The number of hydrogen-bond acceptors (Lipinski definition) is 3. The molecule has 1 saturated heterocycles. The van der Waals surface area contributed by atoms with Crippen LogP contribution in [0, 0.1) is 0 Å². The smallest absolute Gasteiger partial charge is 0.0824 e. The van der Waals surface area contributed by atoms with Gasteiger partial charge in [-0.3, -0.25) is 4.90 Å². The van der Waals surface area contributed by atoms with Crippen LogP contribution in [0.3, 0.4) is 0 Å². The number of hydrogen-bond donors (Lipinski definition) is 1. The summed E-state index contributed by atoms with van der Waals surface area (Å²) in [4.78, 5) is 2.51. The third-order valence-corrected chi connectivity index (χ3v) is 3.81. The van der Waals surface area contributed by atoms with E-state index in [4.69, 9.17) is 10.5 Å². The molecule has 1 rings (SSSR count). The minimum absolute atomic E-state index is 0.271. The van der Waals surface area contributed by atoms with Crippen LogP contribution >= 0.6 is 0 Å². The van der Waals surface area contributed by atoms with E-state index in [9.17, 15) is 0 Å². The van der Waals surface area contributed by atoms with E-state index in [1.54, 1.807) is 0 Å². The average Bonchev–Trinajstić information content (AvgIpc) is 2.42. The fourth-order valence-corrected chi connectivity index (χ4v) is 2.60. The van der Waals surface area contributed by atoms with Crippen molar-refractivity contribution in [1.82, 2.24) is 4.90 Å². The summed E-state index contributed by atoms with van der Waals surface area (Å²) in [5, 5.41) is 0. The maximum absolute atomic E-state index is 5.65. The number of ether oxygens (including phenoxy) is 1. The fourth-order valence-electron chi connectivity index (χ4n) is 2.60. The molecule has 2 N–H and O–H groups in total. The van der Waals surface area contributed by atoms with Crippen molar-refractivity contribution >= 4 is 0 Å². The van der Waals surface area contributed by atoms with Crippen molar-refractivity contribution in [2.45, 2.75) is 64.4 Å². The van der Waals surface area contributed by atoms with E-state index in [1.807, 2.05) is 0 Å². The van der Waals surface area contributed by atoms with Crippen molar-refractivity contribution in [3.63, 3.8) is 0 Å². The van der Waals surface area contributed by atoms with Crippen LogP contribution in [0.1, 0.15) is 58.3 Å². The van der Waals surface area contributed by atoms with E-state index in [-0.39, 0.29) is 6.10 Å². The van der Waals surface area contributed by atoms with Crippen LogP contribution in [0.2, 0.25) is 0 Å². The lowest BCUT2D eigenvalue weighted by molar-refractivity contribution is -0.0235. The van der Waals surface area contributed by atoms with Crippen molar-refractivity contribution in [2.24, 2.45) is 5.73 Å². The number of morpholine rings is 1. The molecule has 0 amide bonds. The molecule has 0 radical (unpaired) electrons. The summed E-state index contributed by atoms with van der Waals surface area (Å²) in [6.45, 7) is 7.15. The minimum Gasteiger partial charge on any atom is -0.374 e. The largest absolute Gasteiger partial charge is 0.374 e. The van der Waals surface area contributed by atoms with Crippen molar-refractivity contribution in [1.29, 1.82) is 0 Å². The zero-order chi connectivity index (χ0) is 13.1. The summed E-state index contributed by atoms with van der Waals surface area (Å²) in [5.41, 5.74) is 5.65. The summed E-state index contributed by atoms with van der Waals surface area (Å²) in [7, 11) is 0. The van der Waals surface area contributed by atoms with Gasteiger partial charge in [-0.05, 0) is 13.0 Å². The summed E-state index contributed by atoms with van der Waals surface area (Å²) in [6.07, 6.45) is 11.4. The molecule has 0 aromatic carbocycles. The van der Waals surface area contributed by atoms with Gasteiger partial charge < -0.3 is 10.5 Å². The van der Waals surface area contributed by atoms with Gasteiger partial charge in [0.2, 0.25) is 0 Å². The minimum atomic E-state index is 0.271. The van der Waals surface area contributed by atoms with E-state index in [2.05, 4.69) is 11.8 Å². The van der Waals surface area contributed by atoms with Gasteiger partial charge in [0.15, 0.2) is 0 Å². The van der Waals surface area contributed by atoms with Gasteiger partial charge in [0, 0.05) is 19.6 Å². The molecule has 1 aliphatic heterocycles. The molecule has 1 atom stereocenters. The van der Waals surface area contributed by atoms with Gasteiger partial charge in [0.05, 0.1) is 12.7 Å². The Kier molecular flexibility index (Phi) is 9.54. The fraction of sp³-hybridized carbons (Fsp3) is 1.00. The molecule has 3 heteroatoms. The molecule has 1 heterocycles. The standard InChI is InChI=1S/C15H32N2O/c1-2-3-4-5-6-7-8-9-10-17-11-12-18-15(13-16)14-17/h15H,2-14,16H2,1H3. The molecule has 0 aromatic heterocycles. The van der Waals surface area contributed by atoms with E-state index in [0.717, 1.165) is 19.7 Å². The summed E-state index contributed by atoms with van der Waals surface area (Å²) >= 11 is 0. The van der Waals surface area contributed by atoms with Crippen molar-refractivity contribution < 1.29 is 4.74 Å². The zero-order valence-electron chi connectivity index (χ0n) is 12.2. The molecule has 1 fully saturated rings. The predicted molar refractivity (Wildman–Crippen MR) is 77.8 cm³/mol. The Hall–Kier alpha value is -0.120. The third kappa shape index (κ3) is 7.34. The van der Waals surface area contributed by atoms with Crippen LogP contribution in [-0.4, -0.2) is 43.8 Å². The Morgan fingerprint density at radius 3 is 2.39 bits per heavy atom. The van der Waals surface area contributed by atoms with Crippen LogP contribution in [0.15, 0.2) is 0 Å². The molecule has 0 aromatic rings. The molecule has 0 spiro atoms. The second-order valence-electron chi connectivity index (χ2n) is 5.50. The zero-order valence-corrected chi connectivity index (χ0v) is 12.2. The third-order valence-electron chi connectivity index (χ3n) is 3.81. The number of nitrogens with two attached hydrogens (primary N) is 1. The van der Waals surface area contributed by atoms with Crippen molar-refractivity contribution in [3.8, 4) is 0 Å². The lowest BCUT2D eigenvalue weighted by atomic mass is 10.1. The molecular formula is C15H32N2O. The van der Waals surface area contributed by atoms with E-state index in [0.29, 0.717) is 6.54 Å². The van der Waals surface area contributed by atoms with E-state index >= 15 is 0 Å². The SMILES string of the molecule is CCCCCCCCCCN1CCOC(CN)C1. The molecule has 108 valence electrons. The first-order valence-electron chi connectivity index (χ1n) is 7.90. The lowest BCUT2D eigenvalue weighted by Gasteiger charge is -2.32. The number of rotatable bonds is 10. The van der Waals surface area contributed by atoms with E-state index in [1.165, 1.54) is 57.9 Å².